The van der Waals surface area contributed by atoms with Crippen molar-refractivity contribution in [3.63, 3.8) is 0 Å². The zero-order valence-corrected chi connectivity index (χ0v) is 12.1. The van der Waals surface area contributed by atoms with Gasteiger partial charge in [0.15, 0.2) is 0 Å². The van der Waals surface area contributed by atoms with Crippen molar-refractivity contribution in [1.29, 1.82) is 0 Å². The maximum atomic E-state index is 13.1. The van der Waals surface area contributed by atoms with E-state index >= 15 is 0 Å². The Morgan fingerprint density at radius 3 is 2.63 bits per heavy atom. The molecule has 106 valence electrons. The van der Waals surface area contributed by atoms with Crippen LogP contribution in [-0.4, -0.2) is 18.5 Å². The molecule has 0 radical (unpaired) electrons. The first kappa shape index (κ1) is 15.5. The molecule has 1 aromatic carbocycles. The molecule has 0 spiro atoms. The van der Waals surface area contributed by atoms with Crippen molar-refractivity contribution in [2.45, 2.75) is 40.2 Å². The Bertz CT molecular complexity index is 432. The lowest BCUT2D eigenvalue weighted by Crippen LogP contribution is -2.38. The number of rotatable bonds is 6. The lowest BCUT2D eigenvalue weighted by molar-refractivity contribution is -0.121. The van der Waals surface area contributed by atoms with Crippen LogP contribution in [0.1, 0.15) is 32.8 Å². The van der Waals surface area contributed by atoms with Gasteiger partial charge in [-0.2, -0.15) is 0 Å². The number of anilines is 1. The molecule has 1 aromatic rings. The van der Waals surface area contributed by atoms with Gasteiger partial charge in [0, 0.05) is 12.2 Å². The van der Waals surface area contributed by atoms with E-state index in [0.717, 1.165) is 12.0 Å². The predicted octanol–water partition coefficient (Wildman–Crippen LogP) is 3.10. The van der Waals surface area contributed by atoms with Gasteiger partial charge < -0.3 is 10.6 Å². The first-order valence-electron chi connectivity index (χ1n) is 6.70. The zero-order valence-electron chi connectivity index (χ0n) is 12.1. The number of carbonyl (C=O) groups excluding carboxylic acids is 1. The Morgan fingerprint density at radius 2 is 2.00 bits per heavy atom. The molecule has 0 fully saturated rings. The second kappa shape index (κ2) is 7.12. The SMILES string of the molecule is Cc1ccc(F)cc1NC(C)C(=O)NCCC(C)C. The molecule has 0 aliphatic rings. The van der Waals surface area contributed by atoms with Crippen molar-refractivity contribution in [3.05, 3.63) is 29.6 Å². The molecule has 0 saturated carbocycles. The third-order valence-corrected chi connectivity index (χ3v) is 2.99. The van der Waals surface area contributed by atoms with Gasteiger partial charge >= 0.3 is 0 Å². The van der Waals surface area contributed by atoms with E-state index in [1.165, 1.54) is 12.1 Å². The van der Waals surface area contributed by atoms with E-state index < -0.39 is 0 Å². The summed E-state index contributed by atoms with van der Waals surface area (Å²) in [7, 11) is 0. The number of aryl methyl sites for hydroxylation is 1. The maximum Gasteiger partial charge on any atom is 0.242 e. The molecule has 1 atom stereocenters. The van der Waals surface area contributed by atoms with Crippen LogP contribution in [-0.2, 0) is 4.79 Å². The zero-order chi connectivity index (χ0) is 14.4. The highest BCUT2D eigenvalue weighted by Gasteiger charge is 2.13. The lowest BCUT2D eigenvalue weighted by atomic mass is 10.1. The van der Waals surface area contributed by atoms with Crippen LogP contribution in [0.5, 0.6) is 0 Å². The number of hydrogen-bond acceptors (Lipinski definition) is 2. The van der Waals surface area contributed by atoms with E-state index in [2.05, 4.69) is 24.5 Å². The van der Waals surface area contributed by atoms with E-state index in [-0.39, 0.29) is 17.8 Å². The number of amides is 1. The molecule has 0 heterocycles. The molecule has 1 rings (SSSR count). The summed E-state index contributed by atoms with van der Waals surface area (Å²) < 4.78 is 13.1. The molecule has 1 amide bonds. The van der Waals surface area contributed by atoms with Crippen LogP contribution in [0.2, 0.25) is 0 Å². The second-order valence-electron chi connectivity index (χ2n) is 5.30. The molecule has 0 aromatic heterocycles. The summed E-state index contributed by atoms with van der Waals surface area (Å²) in [5.74, 6) is 0.193. The number of hydrogen-bond donors (Lipinski definition) is 2. The monoisotopic (exact) mass is 266 g/mol. The highest BCUT2D eigenvalue weighted by molar-refractivity contribution is 5.84. The molecule has 0 aliphatic carbocycles. The minimum atomic E-state index is -0.382. The number of carbonyl (C=O) groups is 1. The van der Waals surface area contributed by atoms with Gasteiger partial charge in [-0.25, -0.2) is 4.39 Å². The highest BCUT2D eigenvalue weighted by Crippen LogP contribution is 2.16. The van der Waals surface area contributed by atoms with Crippen LogP contribution < -0.4 is 10.6 Å². The van der Waals surface area contributed by atoms with Crippen LogP contribution >= 0.6 is 0 Å². The topological polar surface area (TPSA) is 41.1 Å². The van der Waals surface area contributed by atoms with Crippen LogP contribution in [0.15, 0.2) is 18.2 Å². The molecule has 1 unspecified atom stereocenters. The smallest absolute Gasteiger partial charge is 0.242 e. The van der Waals surface area contributed by atoms with Crippen LogP contribution in [0, 0.1) is 18.7 Å². The minimum Gasteiger partial charge on any atom is -0.374 e. The van der Waals surface area contributed by atoms with Gasteiger partial charge in [0.25, 0.3) is 0 Å². The Labute approximate surface area is 114 Å². The molecule has 0 bridgehead atoms. The van der Waals surface area contributed by atoms with Crippen molar-refractivity contribution < 1.29 is 9.18 Å². The molecule has 4 heteroatoms. The highest BCUT2D eigenvalue weighted by atomic mass is 19.1. The van der Waals surface area contributed by atoms with Crippen LogP contribution in [0.25, 0.3) is 0 Å². The van der Waals surface area contributed by atoms with E-state index in [9.17, 15) is 9.18 Å². The summed E-state index contributed by atoms with van der Waals surface area (Å²) in [4.78, 5) is 11.9. The van der Waals surface area contributed by atoms with E-state index in [1.807, 2.05) is 6.92 Å². The number of nitrogens with one attached hydrogen (secondary N) is 2. The summed E-state index contributed by atoms with van der Waals surface area (Å²) in [6, 6.07) is 4.13. The average molecular weight is 266 g/mol. The Kier molecular flexibility index (Phi) is 5.80. The van der Waals surface area contributed by atoms with Gasteiger partial charge in [-0.1, -0.05) is 19.9 Å². The fourth-order valence-corrected chi connectivity index (χ4v) is 1.69. The normalized spacial score (nSPS) is 12.3. The maximum absolute atomic E-state index is 13.1. The molecule has 19 heavy (non-hydrogen) atoms. The number of benzene rings is 1. The molecule has 0 aliphatic heterocycles. The van der Waals surface area contributed by atoms with Crippen molar-refractivity contribution in [2.24, 2.45) is 5.92 Å². The Morgan fingerprint density at radius 1 is 1.32 bits per heavy atom. The summed E-state index contributed by atoms with van der Waals surface area (Å²) in [6.07, 6.45) is 0.956. The van der Waals surface area contributed by atoms with Crippen LogP contribution in [0.3, 0.4) is 0 Å². The van der Waals surface area contributed by atoms with Crippen molar-refractivity contribution in [2.75, 3.05) is 11.9 Å². The van der Waals surface area contributed by atoms with Gasteiger partial charge in [-0.3, -0.25) is 4.79 Å². The van der Waals surface area contributed by atoms with E-state index in [1.54, 1.807) is 13.0 Å². The van der Waals surface area contributed by atoms with Gasteiger partial charge in [0.1, 0.15) is 11.9 Å². The first-order chi connectivity index (χ1) is 8.90. The lowest BCUT2D eigenvalue weighted by Gasteiger charge is -2.17. The molecule has 0 saturated heterocycles. The summed E-state index contributed by atoms with van der Waals surface area (Å²) in [5, 5.41) is 5.91. The van der Waals surface area contributed by atoms with Crippen molar-refractivity contribution in [3.8, 4) is 0 Å². The first-order valence-corrected chi connectivity index (χ1v) is 6.70. The fourth-order valence-electron chi connectivity index (χ4n) is 1.69. The summed E-state index contributed by atoms with van der Waals surface area (Å²) >= 11 is 0. The third kappa shape index (κ3) is 5.28. The van der Waals surface area contributed by atoms with Crippen LogP contribution in [0.4, 0.5) is 10.1 Å². The standard InChI is InChI=1S/C15H23FN2O/c1-10(2)7-8-17-15(19)12(4)18-14-9-13(16)6-5-11(14)3/h5-6,9-10,12,18H,7-8H2,1-4H3,(H,17,19). The minimum absolute atomic E-state index is 0.0655. The molecule has 3 nitrogen and oxygen atoms in total. The molecular formula is C15H23FN2O. The summed E-state index contributed by atoms with van der Waals surface area (Å²) in [6.45, 7) is 8.55. The largest absolute Gasteiger partial charge is 0.374 e. The van der Waals surface area contributed by atoms with Gasteiger partial charge in [-0.05, 0) is 43.9 Å². The Hall–Kier alpha value is -1.58. The Balaban J connectivity index is 2.51. The second-order valence-corrected chi connectivity index (χ2v) is 5.30. The van der Waals surface area contributed by atoms with Gasteiger partial charge in [0.05, 0.1) is 0 Å². The van der Waals surface area contributed by atoms with Crippen molar-refractivity contribution in [1.82, 2.24) is 5.32 Å². The third-order valence-electron chi connectivity index (χ3n) is 2.99. The van der Waals surface area contributed by atoms with Gasteiger partial charge in [0.2, 0.25) is 5.91 Å². The van der Waals surface area contributed by atoms with Gasteiger partial charge in [-0.15, -0.1) is 0 Å². The molecule has 2 N–H and O–H groups in total. The average Bonchev–Trinajstić information content (AvgIpc) is 2.33. The van der Waals surface area contributed by atoms with E-state index in [0.29, 0.717) is 18.2 Å². The quantitative estimate of drug-likeness (QED) is 0.830. The number of halogens is 1. The predicted molar refractivity (Wildman–Crippen MR) is 76.7 cm³/mol. The molecular weight excluding hydrogens is 243 g/mol. The summed E-state index contributed by atoms with van der Waals surface area (Å²) in [5.41, 5.74) is 1.58. The fraction of sp³-hybridized carbons (Fsp3) is 0.533. The van der Waals surface area contributed by atoms with Crippen molar-refractivity contribution >= 4 is 11.6 Å². The van der Waals surface area contributed by atoms with E-state index in [4.69, 9.17) is 0 Å².